The van der Waals surface area contributed by atoms with E-state index >= 15 is 0 Å². The Kier molecular flexibility index (Phi) is 6.09. The second-order valence-electron chi connectivity index (χ2n) is 9.40. The third-order valence-electron chi connectivity index (χ3n) is 6.76. The second-order valence-corrected chi connectivity index (χ2v) is 9.40. The number of aliphatic hydroxyl groups is 1. The summed E-state index contributed by atoms with van der Waals surface area (Å²) in [7, 11) is 1.75. The fourth-order valence-electron chi connectivity index (χ4n) is 4.67. The molecule has 0 unspecified atom stereocenters. The monoisotopic (exact) mass is 373 g/mol. The number of aliphatic hydroxyl groups excluding tert-OH is 1. The lowest BCUT2D eigenvalue weighted by Gasteiger charge is -2.56. The number of carbonyl (C=O) groups excluding carboxylic acids is 1. The predicted octanol–water partition coefficient (Wildman–Crippen LogP) is 3.81. The van der Waals surface area contributed by atoms with Crippen molar-refractivity contribution in [1.82, 2.24) is 4.90 Å². The molecule has 1 saturated heterocycles. The molecule has 0 bridgehead atoms. The number of hydrogen-bond acceptors (Lipinski definition) is 4. The van der Waals surface area contributed by atoms with Gasteiger partial charge in [0.15, 0.2) is 5.78 Å². The first-order chi connectivity index (χ1) is 12.8. The standard InChI is InChI=1S/C23H35NO3/c1-22(2,3)18-9-7-17(8-10-18)19(25)6-5-13-24-14-11-23(12-15-24)20(26)16-21(23)27-4/h7-10,20-21,26H,5-6,11-16H2,1-4H3/t20-,21+/m0/s1. The second kappa shape index (κ2) is 8.02. The van der Waals surface area contributed by atoms with Gasteiger partial charge in [-0.25, -0.2) is 0 Å². The van der Waals surface area contributed by atoms with Crippen molar-refractivity contribution >= 4 is 5.78 Å². The summed E-state index contributed by atoms with van der Waals surface area (Å²) in [4.78, 5) is 14.9. The molecule has 1 aliphatic heterocycles. The summed E-state index contributed by atoms with van der Waals surface area (Å²) in [6.45, 7) is 9.49. The molecule has 27 heavy (non-hydrogen) atoms. The highest BCUT2D eigenvalue weighted by Crippen LogP contribution is 2.50. The maximum atomic E-state index is 12.5. The quantitative estimate of drug-likeness (QED) is 0.771. The Balaban J connectivity index is 1.42. The number of nitrogens with zero attached hydrogens (tertiary/aromatic N) is 1. The number of Topliss-reactive ketones (excluding diaryl/α,β-unsaturated/α-hetero) is 1. The maximum absolute atomic E-state index is 12.5. The lowest BCUT2D eigenvalue weighted by Crippen LogP contribution is -2.62. The number of piperidine rings is 1. The largest absolute Gasteiger partial charge is 0.392 e. The minimum absolute atomic E-state index is 0.0180. The number of carbonyl (C=O) groups is 1. The first-order valence-electron chi connectivity index (χ1n) is 10.3. The molecule has 0 amide bonds. The van der Waals surface area contributed by atoms with Crippen LogP contribution in [-0.2, 0) is 10.2 Å². The van der Waals surface area contributed by atoms with Gasteiger partial charge >= 0.3 is 0 Å². The zero-order chi connectivity index (χ0) is 19.7. The fraction of sp³-hybridized carbons (Fsp3) is 0.696. The van der Waals surface area contributed by atoms with Crippen LogP contribution in [-0.4, -0.2) is 54.7 Å². The third kappa shape index (κ3) is 4.28. The van der Waals surface area contributed by atoms with E-state index in [2.05, 4.69) is 37.8 Å². The number of ether oxygens (including phenoxy) is 1. The van der Waals surface area contributed by atoms with Gasteiger partial charge in [0.25, 0.3) is 0 Å². The van der Waals surface area contributed by atoms with Crippen molar-refractivity contribution in [2.24, 2.45) is 5.41 Å². The molecule has 1 aliphatic carbocycles. The van der Waals surface area contributed by atoms with Gasteiger partial charge in [-0.3, -0.25) is 4.79 Å². The number of likely N-dealkylation sites (tertiary alicyclic amines) is 1. The van der Waals surface area contributed by atoms with Gasteiger partial charge in [0.05, 0.1) is 12.2 Å². The summed E-state index contributed by atoms with van der Waals surface area (Å²) in [5.41, 5.74) is 2.17. The van der Waals surface area contributed by atoms with E-state index in [1.165, 1.54) is 5.56 Å². The fourth-order valence-corrected chi connectivity index (χ4v) is 4.67. The van der Waals surface area contributed by atoms with Crippen LogP contribution in [0.5, 0.6) is 0 Å². The zero-order valence-electron chi connectivity index (χ0n) is 17.3. The van der Waals surface area contributed by atoms with Crippen molar-refractivity contribution < 1.29 is 14.6 Å². The summed E-state index contributed by atoms with van der Waals surface area (Å²) < 4.78 is 5.55. The van der Waals surface area contributed by atoms with Crippen LogP contribution in [0.15, 0.2) is 24.3 Å². The van der Waals surface area contributed by atoms with E-state index in [0.717, 1.165) is 50.9 Å². The Morgan fingerprint density at radius 2 is 1.85 bits per heavy atom. The predicted molar refractivity (Wildman–Crippen MR) is 108 cm³/mol. The van der Waals surface area contributed by atoms with E-state index in [0.29, 0.717) is 6.42 Å². The van der Waals surface area contributed by atoms with Gasteiger partial charge in [-0.1, -0.05) is 45.0 Å². The molecule has 1 heterocycles. The average molecular weight is 374 g/mol. The number of methoxy groups -OCH3 is 1. The molecule has 2 fully saturated rings. The molecule has 0 aromatic heterocycles. The Bertz CT molecular complexity index is 639. The van der Waals surface area contributed by atoms with Crippen molar-refractivity contribution in [2.45, 2.75) is 70.5 Å². The van der Waals surface area contributed by atoms with E-state index in [1.807, 2.05) is 12.1 Å². The first-order valence-corrected chi connectivity index (χ1v) is 10.3. The molecule has 4 nitrogen and oxygen atoms in total. The summed E-state index contributed by atoms with van der Waals surface area (Å²) in [6, 6.07) is 8.09. The zero-order valence-corrected chi connectivity index (χ0v) is 17.3. The normalized spacial score (nSPS) is 25.4. The molecule has 1 aromatic rings. The van der Waals surface area contributed by atoms with Gasteiger partial charge in [-0.15, -0.1) is 0 Å². The van der Waals surface area contributed by atoms with E-state index in [4.69, 9.17) is 4.74 Å². The highest BCUT2D eigenvalue weighted by molar-refractivity contribution is 5.96. The van der Waals surface area contributed by atoms with Crippen molar-refractivity contribution in [3.05, 3.63) is 35.4 Å². The van der Waals surface area contributed by atoms with Crippen LogP contribution in [0.4, 0.5) is 0 Å². The van der Waals surface area contributed by atoms with Crippen LogP contribution in [0.1, 0.15) is 68.8 Å². The molecule has 0 radical (unpaired) electrons. The maximum Gasteiger partial charge on any atom is 0.162 e. The Morgan fingerprint density at radius 3 is 2.37 bits per heavy atom. The van der Waals surface area contributed by atoms with Crippen LogP contribution in [0.3, 0.4) is 0 Å². The van der Waals surface area contributed by atoms with E-state index in [1.54, 1.807) is 7.11 Å². The van der Waals surface area contributed by atoms with Crippen molar-refractivity contribution in [3.63, 3.8) is 0 Å². The molecular formula is C23H35NO3. The van der Waals surface area contributed by atoms with Crippen LogP contribution in [0, 0.1) is 5.41 Å². The lowest BCUT2D eigenvalue weighted by atomic mass is 9.58. The molecule has 1 spiro atoms. The van der Waals surface area contributed by atoms with Crippen molar-refractivity contribution in [1.29, 1.82) is 0 Å². The van der Waals surface area contributed by atoms with Crippen molar-refractivity contribution in [2.75, 3.05) is 26.7 Å². The molecule has 3 rings (SSSR count). The Labute approximate surface area is 163 Å². The molecule has 1 N–H and O–H groups in total. The number of benzene rings is 1. The van der Waals surface area contributed by atoms with Crippen LogP contribution >= 0.6 is 0 Å². The van der Waals surface area contributed by atoms with Gasteiger partial charge in [-0.2, -0.15) is 0 Å². The van der Waals surface area contributed by atoms with E-state index in [-0.39, 0.29) is 28.8 Å². The van der Waals surface area contributed by atoms with Crippen molar-refractivity contribution in [3.8, 4) is 0 Å². The van der Waals surface area contributed by atoms with Gasteiger partial charge in [-0.05, 0) is 49.9 Å². The summed E-state index contributed by atoms with van der Waals surface area (Å²) in [5, 5.41) is 10.2. The lowest BCUT2D eigenvalue weighted by molar-refractivity contribution is -0.201. The topological polar surface area (TPSA) is 49.8 Å². The van der Waals surface area contributed by atoms with Gasteiger partial charge in [0, 0.05) is 30.9 Å². The molecule has 150 valence electrons. The highest BCUT2D eigenvalue weighted by atomic mass is 16.5. The van der Waals surface area contributed by atoms with E-state index < -0.39 is 0 Å². The SMILES string of the molecule is CO[C@@H]1C[C@H](O)C12CCN(CCCC(=O)c1ccc(C(C)(C)C)cc1)CC2. The third-order valence-corrected chi connectivity index (χ3v) is 6.76. The molecule has 1 saturated carbocycles. The summed E-state index contributed by atoms with van der Waals surface area (Å²) in [5.74, 6) is 0.234. The number of ketones is 1. The van der Waals surface area contributed by atoms with Crippen LogP contribution in [0.25, 0.3) is 0 Å². The molecule has 4 heteroatoms. The first kappa shape index (κ1) is 20.5. The van der Waals surface area contributed by atoms with Crippen LogP contribution in [0.2, 0.25) is 0 Å². The molecule has 2 aliphatic rings. The summed E-state index contributed by atoms with van der Waals surface area (Å²) >= 11 is 0. The van der Waals surface area contributed by atoms with Crippen LogP contribution < -0.4 is 0 Å². The van der Waals surface area contributed by atoms with E-state index in [9.17, 15) is 9.90 Å². The Morgan fingerprint density at radius 1 is 1.22 bits per heavy atom. The average Bonchev–Trinajstić information content (AvgIpc) is 2.65. The molecule has 1 aromatic carbocycles. The Hall–Kier alpha value is -1.23. The molecular weight excluding hydrogens is 338 g/mol. The number of rotatable bonds is 6. The smallest absolute Gasteiger partial charge is 0.162 e. The van der Waals surface area contributed by atoms with Gasteiger partial charge in [0.2, 0.25) is 0 Å². The summed E-state index contributed by atoms with van der Waals surface area (Å²) in [6.07, 6.45) is 4.26. The minimum atomic E-state index is -0.206. The van der Waals surface area contributed by atoms with Gasteiger partial charge in [0.1, 0.15) is 0 Å². The minimum Gasteiger partial charge on any atom is -0.392 e. The molecule has 2 atom stereocenters. The highest BCUT2D eigenvalue weighted by Gasteiger charge is 2.55. The van der Waals surface area contributed by atoms with Gasteiger partial charge < -0.3 is 14.7 Å². The number of hydrogen-bond donors (Lipinski definition) is 1.